The molecular weight excluding hydrogens is 443 g/mol. The van der Waals surface area contributed by atoms with Gasteiger partial charge in [-0.2, -0.15) is 0 Å². The molecule has 1 amide bonds. The number of aliphatic hydroxyl groups is 2. The molecule has 2 aromatic carbocycles. The molecule has 138 valence electrons. The third-order valence-electron chi connectivity index (χ3n) is 4.84. The molecule has 3 N–H and O–H groups in total. The zero-order valence-corrected chi connectivity index (χ0v) is 17.0. The van der Waals surface area contributed by atoms with Gasteiger partial charge in [-0.05, 0) is 59.7 Å². The van der Waals surface area contributed by atoms with Crippen LogP contribution in [0.15, 0.2) is 42.5 Å². The summed E-state index contributed by atoms with van der Waals surface area (Å²) in [6.45, 7) is 5.05. The second-order valence-electron chi connectivity index (χ2n) is 6.92. The first kappa shape index (κ1) is 19.3. The minimum absolute atomic E-state index is 0.0716. The fraction of sp³-hybridized carbons (Fsp3) is 0.350. The lowest BCUT2D eigenvalue weighted by molar-refractivity contribution is -0.0305. The molecule has 0 saturated heterocycles. The zero-order valence-electron chi connectivity index (χ0n) is 14.9. The SMILES string of the molecule is CC(C)(c1ccccc1)N1C(=O)c2c(I)cc(CNCCO)cc2C1O. The summed E-state index contributed by atoms with van der Waals surface area (Å²) in [5.74, 6) is -0.152. The normalized spacial score (nSPS) is 16.9. The van der Waals surface area contributed by atoms with E-state index in [9.17, 15) is 9.90 Å². The molecule has 5 nitrogen and oxygen atoms in total. The van der Waals surface area contributed by atoms with E-state index in [1.165, 1.54) is 0 Å². The predicted molar refractivity (Wildman–Crippen MR) is 109 cm³/mol. The third-order valence-corrected chi connectivity index (χ3v) is 5.69. The molecule has 1 aliphatic heterocycles. The van der Waals surface area contributed by atoms with Crippen molar-refractivity contribution in [1.82, 2.24) is 10.2 Å². The molecule has 6 heteroatoms. The highest BCUT2D eigenvalue weighted by Gasteiger charge is 2.45. The number of carbonyl (C=O) groups is 1. The van der Waals surface area contributed by atoms with Crippen molar-refractivity contribution in [2.24, 2.45) is 0 Å². The van der Waals surface area contributed by atoms with Crippen LogP contribution in [0.25, 0.3) is 0 Å². The van der Waals surface area contributed by atoms with Gasteiger partial charge in [0.2, 0.25) is 0 Å². The van der Waals surface area contributed by atoms with Gasteiger partial charge in [-0.15, -0.1) is 0 Å². The Kier molecular flexibility index (Phi) is 5.67. The summed E-state index contributed by atoms with van der Waals surface area (Å²) in [6, 6.07) is 13.6. The summed E-state index contributed by atoms with van der Waals surface area (Å²) >= 11 is 2.16. The van der Waals surface area contributed by atoms with E-state index in [0.717, 1.165) is 14.7 Å². The van der Waals surface area contributed by atoms with Crippen LogP contribution in [-0.2, 0) is 12.1 Å². The molecule has 2 aromatic rings. The number of halogens is 1. The van der Waals surface area contributed by atoms with Crippen molar-refractivity contribution < 1.29 is 15.0 Å². The lowest BCUT2D eigenvalue weighted by Crippen LogP contribution is -2.44. The molecule has 1 aliphatic rings. The first-order valence-corrected chi connectivity index (χ1v) is 9.67. The number of rotatable bonds is 6. The minimum Gasteiger partial charge on any atom is -0.395 e. The molecule has 1 unspecified atom stereocenters. The van der Waals surface area contributed by atoms with Gasteiger partial charge < -0.3 is 15.5 Å². The third kappa shape index (κ3) is 3.38. The van der Waals surface area contributed by atoms with Crippen LogP contribution in [0.1, 0.15) is 47.1 Å². The van der Waals surface area contributed by atoms with Crippen LogP contribution >= 0.6 is 22.6 Å². The number of hydrogen-bond donors (Lipinski definition) is 3. The lowest BCUT2D eigenvalue weighted by Gasteiger charge is -2.38. The highest BCUT2D eigenvalue weighted by atomic mass is 127. The van der Waals surface area contributed by atoms with E-state index in [4.69, 9.17) is 5.11 Å². The fourth-order valence-electron chi connectivity index (χ4n) is 3.44. The average Bonchev–Trinajstić information content (AvgIpc) is 2.87. The summed E-state index contributed by atoms with van der Waals surface area (Å²) in [4.78, 5) is 14.7. The van der Waals surface area contributed by atoms with Crippen LogP contribution in [-0.4, -0.2) is 34.2 Å². The molecule has 1 atom stereocenters. The molecule has 1 heterocycles. The minimum atomic E-state index is -0.987. The monoisotopic (exact) mass is 466 g/mol. The molecule has 0 aliphatic carbocycles. The molecular formula is C20H23IN2O3. The first-order valence-electron chi connectivity index (χ1n) is 8.59. The summed E-state index contributed by atoms with van der Waals surface area (Å²) in [7, 11) is 0. The summed E-state index contributed by atoms with van der Waals surface area (Å²) in [5.41, 5.74) is 2.53. The van der Waals surface area contributed by atoms with E-state index in [2.05, 4.69) is 27.9 Å². The summed E-state index contributed by atoms with van der Waals surface area (Å²) < 4.78 is 0.830. The summed E-state index contributed by atoms with van der Waals surface area (Å²) in [6.07, 6.45) is -0.987. The van der Waals surface area contributed by atoms with Gasteiger partial charge in [-0.3, -0.25) is 9.69 Å². The van der Waals surface area contributed by atoms with Crippen molar-refractivity contribution in [1.29, 1.82) is 0 Å². The molecule has 3 rings (SSSR count). The molecule has 0 fully saturated rings. The zero-order chi connectivity index (χ0) is 18.9. The molecule has 26 heavy (non-hydrogen) atoms. The van der Waals surface area contributed by atoms with Crippen LogP contribution in [0.4, 0.5) is 0 Å². The maximum absolute atomic E-state index is 13.1. The molecule has 0 radical (unpaired) electrons. The number of hydrogen-bond acceptors (Lipinski definition) is 4. The number of fused-ring (bicyclic) bond motifs is 1. The van der Waals surface area contributed by atoms with Gasteiger partial charge in [0.25, 0.3) is 5.91 Å². The second-order valence-corrected chi connectivity index (χ2v) is 8.08. The number of nitrogens with one attached hydrogen (secondary N) is 1. The quantitative estimate of drug-likeness (QED) is 0.453. The average molecular weight is 466 g/mol. The van der Waals surface area contributed by atoms with Crippen molar-refractivity contribution >= 4 is 28.5 Å². The molecule has 0 spiro atoms. The van der Waals surface area contributed by atoms with Crippen LogP contribution in [0.3, 0.4) is 0 Å². The number of nitrogens with zero attached hydrogens (tertiary/aromatic N) is 1. The van der Waals surface area contributed by atoms with E-state index in [-0.39, 0.29) is 12.5 Å². The number of benzene rings is 2. The number of aliphatic hydroxyl groups excluding tert-OH is 2. The molecule has 0 saturated carbocycles. The van der Waals surface area contributed by atoms with Crippen molar-refractivity contribution in [2.75, 3.05) is 13.2 Å². The van der Waals surface area contributed by atoms with Crippen molar-refractivity contribution in [2.45, 2.75) is 32.2 Å². The number of amides is 1. The van der Waals surface area contributed by atoms with Gasteiger partial charge in [0.15, 0.2) is 6.23 Å². The maximum Gasteiger partial charge on any atom is 0.258 e. The Hall–Kier alpha value is -1.48. The van der Waals surface area contributed by atoms with Gasteiger partial charge in [-0.1, -0.05) is 30.3 Å². The van der Waals surface area contributed by atoms with Crippen molar-refractivity contribution in [3.05, 3.63) is 68.3 Å². The van der Waals surface area contributed by atoms with Gasteiger partial charge in [0.1, 0.15) is 0 Å². The Morgan fingerprint density at radius 2 is 1.92 bits per heavy atom. The van der Waals surface area contributed by atoms with E-state index >= 15 is 0 Å². The number of carbonyl (C=O) groups excluding carboxylic acids is 1. The topological polar surface area (TPSA) is 72.8 Å². The first-order chi connectivity index (χ1) is 12.4. The predicted octanol–water partition coefficient (Wildman–Crippen LogP) is 2.76. The summed E-state index contributed by atoms with van der Waals surface area (Å²) in [5, 5.41) is 23.0. The van der Waals surface area contributed by atoms with Crippen LogP contribution in [0, 0.1) is 3.57 Å². The highest BCUT2D eigenvalue weighted by Crippen LogP contribution is 2.43. The van der Waals surface area contributed by atoms with Gasteiger partial charge in [0.05, 0.1) is 17.7 Å². The Morgan fingerprint density at radius 1 is 1.23 bits per heavy atom. The Labute approximate surface area is 167 Å². The lowest BCUT2D eigenvalue weighted by atomic mass is 9.92. The van der Waals surface area contributed by atoms with Crippen LogP contribution < -0.4 is 5.32 Å². The Balaban J connectivity index is 1.97. The fourth-order valence-corrected chi connectivity index (χ4v) is 4.39. The van der Waals surface area contributed by atoms with Gasteiger partial charge >= 0.3 is 0 Å². The molecule has 0 aromatic heterocycles. The largest absolute Gasteiger partial charge is 0.395 e. The highest BCUT2D eigenvalue weighted by molar-refractivity contribution is 14.1. The Morgan fingerprint density at radius 3 is 2.58 bits per heavy atom. The van der Waals surface area contributed by atoms with E-state index < -0.39 is 11.8 Å². The Bertz CT molecular complexity index is 808. The maximum atomic E-state index is 13.1. The van der Waals surface area contributed by atoms with E-state index in [0.29, 0.717) is 24.2 Å². The van der Waals surface area contributed by atoms with Gasteiger partial charge in [-0.25, -0.2) is 0 Å². The van der Waals surface area contributed by atoms with Gasteiger partial charge in [0, 0.05) is 22.2 Å². The second kappa shape index (κ2) is 7.64. The van der Waals surface area contributed by atoms with Crippen molar-refractivity contribution in [3.63, 3.8) is 0 Å². The van der Waals surface area contributed by atoms with Crippen LogP contribution in [0.2, 0.25) is 0 Å². The van der Waals surface area contributed by atoms with Crippen LogP contribution in [0.5, 0.6) is 0 Å². The molecule has 0 bridgehead atoms. The smallest absolute Gasteiger partial charge is 0.258 e. The van der Waals surface area contributed by atoms with E-state index in [1.807, 2.05) is 56.3 Å². The van der Waals surface area contributed by atoms with Crippen molar-refractivity contribution in [3.8, 4) is 0 Å². The van der Waals surface area contributed by atoms with E-state index in [1.54, 1.807) is 4.90 Å². The standard InChI is InChI=1S/C20H23IN2O3/c1-20(2,14-6-4-3-5-7-14)23-18(25)15-10-13(12-22-8-9-24)11-16(21)17(15)19(23)26/h3-7,10-11,18,22,24-25H,8-9,12H2,1-2H3.